The second-order valence-electron chi connectivity index (χ2n) is 4.52. The Bertz CT molecular complexity index is 659. The Morgan fingerprint density at radius 2 is 2.14 bits per heavy atom. The molecule has 21 heavy (non-hydrogen) atoms. The van der Waals surface area contributed by atoms with E-state index < -0.39 is 37.1 Å². The first-order valence-corrected chi connectivity index (χ1v) is 8.44. The summed E-state index contributed by atoms with van der Waals surface area (Å²) in [5.74, 6) is -3.72. The van der Waals surface area contributed by atoms with Crippen molar-refractivity contribution < 1.29 is 26.7 Å². The number of halogens is 3. The fourth-order valence-corrected chi connectivity index (χ4v) is 2.93. The van der Waals surface area contributed by atoms with Gasteiger partial charge in [0.05, 0.1) is 6.10 Å². The summed E-state index contributed by atoms with van der Waals surface area (Å²) in [5.41, 5.74) is -0.977. The van der Waals surface area contributed by atoms with E-state index in [9.17, 15) is 22.0 Å². The van der Waals surface area contributed by atoms with Gasteiger partial charge in [-0.15, -0.1) is 0 Å². The van der Waals surface area contributed by atoms with Gasteiger partial charge in [0, 0.05) is 23.8 Å². The average molecular weight is 340 g/mol. The molecule has 116 valence electrons. The molecule has 1 aliphatic heterocycles. The van der Waals surface area contributed by atoms with Crippen LogP contribution in [0.25, 0.3) is 0 Å². The van der Waals surface area contributed by atoms with E-state index in [1.54, 1.807) is 0 Å². The minimum absolute atomic E-state index is 0.0928. The number of carbonyl (C=O) groups is 1. The molecule has 1 aliphatic rings. The number of rotatable bonds is 4. The quantitative estimate of drug-likeness (QED) is 0.849. The van der Waals surface area contributed by atoms with Crippen LogP contribution in [0.4, 0.5) is 8.78 Å². The molecule has 1 atom stereocenters. The molecule has 0 aliphatic carbocycles. The highest BCUT2D eigenvalue weighted by Crippen LogP contribution is 2.24. The zero-order valence-corrected chi connectivity index (χ0v) is 12.3. The lowest BCUT2D eigenvalue weighted by atomic mass is 10.1. The van der Waals surface area contributed by atoms with Crippen LogP contribution in [0.1, 0.15) is 23.2 Å². The Labute approximate surface area is 124 Å². The lowest BCUT2D eigenvalue weighted by Gasteiger charge is -2.12. The van der Waals surface area contributed by atoms with Crippen LogP contribution in [0.15, 0.2) is 17.0 Å². The van der Waals surface area contributed by atoms with Gasteiger partial charge >= 0.3 is 0 Å². The van der Waals surface area contributed by atoms with Crippen LogP contribution in [0.5, 0.6) is 0 Å². The van der Waals surface area contributed by atoms with Gasteiger partial charge in [-0.3, -0.25) is 4.79 Å². The monoisotopic (exact) mass is 339 g/mol. The van der Waals surface area contributed by atoms with Crippen molar-refractivity contribution >= 4 is 25.6 Å². The summed E-state index contributed by atoms with van der Waals surface area (Å²) in [6.07, 6.45) is 1.38. The van der Waals surface area contributed by atoms with E-state index in [-0.39, 0.29) is 12.6 Å². The largest absolute Gasteiger partial charge is 0.376 e. The highest BCUT2D eigenvalue weighted by Gasteiger charge is 2.26. The van der Waals surface area contributed by atoms with Crippen LogP contribution in [-0.2, 0) is 13.8 Å². The highest BCUT2D eigenvalue weighted by atomic mass is 35.7. The predicted octanol–water partition coefficient (Wildman–Crippen LogP) is 1.80. The van der Waals surface area contributed by atoms with Crippen molar-refractivity contribution in [2.45, 2.75) is 23.8 Å². The number of amides is 1. The third-order valence-electron chi connectivity index (χ3n) is 3.06. The second kappa shape index (κ2) is 6.25. The van der Waals surface area contributed by atoms with Gasteiger partial charge in [0.1, 0.15) is 16.3 Å². The standard InChI is InChI=1S/C12H12ClF2NO4S/c13-21(18,19)9-4-3-8(14)10(11(9)15)12(17)16-6-7-2-1-5-20-7/h3-4,7H,1-2,5-6H2,(H,16,17). The van der Waals surface area contributed by atoms with E-state index in [1.165, 1.54) is 0 Å². The summed E-state index contributed by atoms with van der Waals surface area (Å²) in [7, 11) is 0.621. The maximum atomic E-state index is 14.0. The molecule has 1 amide bonds. The van der Waals surface area contributed by atoms with Crippen molar-refractivity contribution in [3.05, 3.63) is 29.3 Å². The number of nitrogens with one attached hydrogen (secondary N) is 1. The minimum Gasteiger partial charge on any atom is -0.376 e. The third kappa shape index (κ3) is 3.69. The lowest BCUT2D eigenvalue weighted by molar-refractivity contribution is 0.0850. The molecule has 1 fully saturated rings. The van der Waals surface area contributed by atoms with E-state index in [4.69, 9.17) is 15.4 Å². The maximum absolute atomic E-state index is 14.0. The summed E-state index contributed by atoms with van der Waals surface area (Å²) in [4.78, 5) is 10.9. The zero-order chi connectivity index (χ0) is 15.6. The molecule has 1 N–H and O–H groups in total. The van der Waals surface area contributed by atoms with Gasteiger partial charge in [-0.1, -0.05) is 0 Å². The van der Waals surface area contributed by atoms with Crippen molar-refractivity contribution in [1.29, 1.82) is 0 Å². The van der Waals surface area contributed by atoms with Gasteiger partial charge in [0.15, 0.2) is 5.82 Å². The molecule has 0 radical (unpaired) electrons. The van der Waals surface area contributed by atoms with Crippen molar-refractivity contribution in [2.75, 3.05) is 13.2 Å². The van der Waals surface area contributed by atoms with Gasteiger partial charge < -0.3 is 10.1 Å². The van der Waals surface area contributed by atoms with Gasteiger partial charge in [-0.05, 0) is 25.0 Å². The summed E-state index contributed by atoms with van der Waals surface area (Å²) in [6.45, 7) is 0.665. The fraction of sp³-hybridized carbons (Fsp3) is 0.417. The molecule has 1 unspecified atom stereocenters. The summed E-state index contributed by atoms with van der Waals surface area (Å²) >= 11 is 0. The molecule has 0 aromatic heterocycles. The number of carbonyl (C=O) groups excluding carboxylic acids is 1. The van der Waals surface area contributed by atoms with Crippen LogP contribution in [-0.4, -0.2) is 33.6 Å². The Balaban J connectivity index is 2.23. The lowest BCUT2D eigenvalue weighted by Crippen LogP contribution is -2.33. The molecular weight excluding hydrogens is 328 g/mol. The predicted molar refractivity (Wildman–Crippen MR) is 70.7 cm³/mol. The van der Waals surface area contributed by atoms with E-state index in [2.05, 4.69) is 5.32 Å². The number of hydrogen-bond acceptors (Lipinski definition) is 4. The second-order valence-corrected chi connectivity index (χ2v) is 7.05. The number of hydrogen-bond donors (Lipinski definition) is 1. The molecule has 1 aromatic carbocycles. The number of ether oxygens (including phenoxy) is 1. The van der Waals surface area contributed by atoms with E-state index in [0.717, 1.165) is 12.8 Å². The molecule has 1 aromatic rings. The van der Waals surface area contributed by atoms with Crippen LogP contribution in [0.2, 0.25) is 0 Å². The van der Waals surface area contributed by atoms with E-state index in [0.29, 0.717) is 18.7 Å². The SMILES string of the molecule is O=C(NCC1CCCO1)c1c(F)ccc(S(=O)(=O)Cl)c1F. The van der Waals surface area contributed by atoms with Crippen molar-refractivity contribution in [3.63, 3.8) is 0 Å². The van der Waals surface area contributed by atoms with E-state index in [1.807, 2.05) is 0 Å². The Morgan fingerprint density at radius 3 is 2.71 bits per heavy atom. The zero-order valence-electron chi connectivity index (χ0n) is 10.7. The van der Waals surface area contributed by atoms with E-state index >= 15 is 0 Å². The van der Waals surface area contributed by atoms with Gasteiger partial charge in [-0.25, -0.2) is 17.2 Å². The first-order chi connectivity index (χ1) is 9.80. The van der Waals surface area contributed by atoms with Crippen molar-refractivity contribution in [3.8, 4) is 0 Å². The van der Waals surface area contributed by atoms with Gasteiger partial charge in [-0.2, -0.15) is 0 Å². The Kier molecular flexibility index (Phi) is 4.80. The molecule has 2 rings (SSSR count). The van der Waals surface area contributed by atoms with Crippen LogP contribution < -0.4 is 5.32 Å². The van der Waals surface area contributed by atoms with Crippen LogP contribution >= 0.6 is 10.7 Å². The molecule has 1 saturated heterocycles. The first kappa shape index (κ1) is 16.1. The first-order valence-electron chi connectivity index (χ1n) is 6.13. The normalized spacial score (nSPS) is 18.7. The Hall–Kier alpha value is -1.25. The summed E-state index contributed by atoms with van der Waals surface area (Å²) < 4.78 is 55.2. The number of benzene rings is 1. The summed E-state index contributed by atoms with van der Waals surface area (Å²) in [5, 5.41) is 2.32. The van der Waals surface area contributed by atoms with Gasteiger partial charge in [0.2, 0.25) is 0 Å². The molecule has 0 bridgehead atoms. The topological polar surface area (TPSA) is 72.5 Å². The van der Waals surface area contributed by atoms with Crippen molar-refractivity contribution in [2.24, 2.45) is 0 Å². The molecule has 0 spiro atoms. The molecule has 1 heterocycles. The van der Waals surface area contributed by atoms with Crippen LogP contribution in [0.3, 0.4) is 0 Å². The Morgan fingerprint density at radius 1 is 1.43 bits per heavy atom. The van der Waals surface area contributed by atoms with Gasteiger partial charge in [0.25, 0.3) is 15.0 Å². The molecule has 9 heteroatoms. The molecule has 5 nitrogen and oxygen atoms in total. The molecular formula is C12H12ClF2NO4S. The minimum atomic E-state index is -4.41. The fourth-order valence-electron chi connectivity index (χ4n) is 2.03. The summed E-state index contributed by atoms with van der Waals surface area (Å²) in [6, 6.07) is 1.35. The van der Waals surface area contributed by atoms with Crippen LogP contribution in [0, 0.1) is 11.6 Å². The maximum Gasteiger partial charge on any atom is 0.264 e. The molecule has 0 saturated carbocycles. The third-order valence-corrected chi connectivity index (χ3v) is 4.40. The average Bonchev–Trinajstić information content (AvgIpc) is 2.87. The smallest absolute Gasteiger partial charge is 0.264 e. The van der Waals surface area contributed by atoms with Crippen molar-refractivity contribution in [1.82, 2.24) is 5.32 Å². The highest BCUT2D eigenvalue weighted by molar-refractivity contribution is 8.13.